The minimum Gasteiger partial charge on any atom is -0.494 e. The molecule has 27 heavy (non-hydrogen) atoms. The van der Waals surface area contributed by atoms with Gasteiger partial charge in [0.1, 0.15) is 5.75 Å². The molecule has 0 bridgehead atoms. The van der Waals surface area contributed by atoms with E-state index in [2.05, 4.69) is 34.6 Å². The molecule has 0 aromatic heterocycles. The van der Waals surface area contributed by atoms with Gasteiger partial charge in [0.15, 0.2) is 0 Å². The van der Waals surface area contributed by atoms with Crippen molar-refractivity contribution >= 4 is 17.1 Å². The minimum atomic E-state index is 0.762. The lowest BCUT2D eigenvalue weighted by molar-refractivity contribution is 0.309. The van der Waals surface area contributed by atoms with Crippen LogP contribution in [0.25, 0.3) is 0 Å². The molecule has 144 valence electrons. The lowest BCUT2D eigenvalue weighted by atomic mass is 9.89. The number of rotatable bonds is 9. The highest BCUT2D eigenvalue weighted by Crippen LogP contribution is 2.25. The normalized spacial score (nSPS) is 15.1. The number of hydrogen-bond acceptors (Lipinski definition) is 4. The van der Waals surface area contributed by atoms with Crippen LogP contribution in [0, 0.1) is 5.92 Å². The number of ether oxygens (including phenoxy) is 1. The van der Waals surface area contributed by atoms with Gasteiger partial charge in [0.2, 0.25) is 0 Å². The Kier molecular flexibility index (Phi) is 7.69. The van der Waals surface area contributed by atoms with Crippen LogP contribution in [-0.2, 0) is 0 Å². The van der Waals surface area contributed by atoms with Gasteiger partial charge in [-0.2, -0.15) is 10.2 Å². The van der Waals surface area contributed by atoms with Crippen molar-refractivity contribution in [3.8, 4) is 5.75 Å². The van der Waals surface area contributed by atoms with Crippen molar-refractivity contribution in [1.82, 2.24) is 0 Å². The number of unbranched alkanes of at least 4 members (excludes halogenated alkanes) is 1. The maximum atomic E-state index is 5.66. The summed E-state index contributed by atoms with van der Waals surface area (Å²) in [5.41, 5.74) is 2.85. The van der Waals surface area contributed by atoms with E-state index in [1.807, 2.05) is 36.4 Å². The van der Waals surface area contributed by atoms with E-state index in [1.165, 1.54) is 32.1 Å². The Bertz CT molecular complexity index is 689. The molecule has 0 heterocycles. The van der Waals surface area contributed by atoms with Crippen LogP contribution in [0.3, 0.4) is 0 Å². The minimum absolute atomic E-state index is 0.762. The summed E-state index contributed by atoms with van der Waals surface area (Å²) in [6, 6.07) is 16.0. The molecule has 0 amide bonds. The largest absolute Gasteiger partial charge is 0.494 e. The molecule has 0 atom stereocenters. The van der Waals surface area contributed by atoms with Gasteiger partial charge in [-0.1, -0.05) is 32.6 Å². The third-order valence-corrected chi connectivity index (χ3v) is 5.07. The molecule has 1 aliphatic carbocycles. The average Bonchev–Trinajstić information content (AvgIpc) is 2.73. The number of nitrogens with one attached hydrogen (secondary N) is 1. The molecule has 2 aromatic carbocycles. The Morgan fingerprint density at radius 2 is 1.52 bits per heavy atom. The average molecular weight is 366 g/mol. The molecule has 0 saturated heterocycles. The molecule has 4 nitrogen and oxygen atoms in total. The molecule has 4 heteroatoms. The van der Waals surface area contributed by atoms with Gasteiger partial charge >= 0.3 is 0 Å². The van der Waals surface area contributed by atoms with Crippen molar-refractivity contribution in [3.63, 3.8) is 0 Å². The zero-order valence-electron chi connectivity index (χ0n) is 16.4. The van der Waals surface area contributed by atoms with Gasteiger partial charge in [-0.25, -0.2) is 0 Å². The molecule has 1 fully saturated rings. The molecule has 1 aliphatic rings. The lowest BCUT2D eigenvalue weighted by Crippen LogP contribution is -2.16. The molecule has 0 radical (unpaired) electrons. The van der Waals surface area contributed by atoms with Crippen LogP contribution >= 0.6 is 0 Å². The Balaban J connectivity index is 1.47. The Hall–Kier alpha value is -2.36. The van der Waals surface area contributed by atoms with E-state index in [0.717, 1.165) is 54.7 Å². The van der Waals surface area contributed by atoms with Gasteiger partial charge in [0.25, 0.3) is 0 Å². The van der Waals surface area contributed by atoms with E-state index in [4.69, 9.17) is 4.74 Å². The monoisotopic (exact) mass is 365 g/mol. The van der Waals surface area contributed by atoms with Gasteiger partial charge in [-0.15, -0.1) is 0 Å². The first-order valence-corrected chi connectivity index (χ1v) is 10.3. The molecule has 0 aliphatic heterocycles. The second kappa shape index (κ2) is 10.7. The van der Waals surface area contributed by atoms with E-state index < -0.39 is 0 Å². The predicted octanol–water partition coefficient (Wildman–Crippen LogP) is 7.27. The van der Waals surface area contributed by atoms with E-state index >= 15 is 0 Å². The Morgan fingerprint density at radius 3 is 2.15 bits per heavy atom. The molecular weight excluding hydrogens is 334 g/mol. The molecule has 0 unspecified atom stereocenters. The maximum absolute atomic E-state index is 5.66. The van der Waals surface area contributed by atoms with Gasteiger partial charge in [0.05, 0.1) is 18.0 Å². The summed E-state index contributed by atoms with van der Waals surface area (Å²) in [6.45, 7) is 4.00. The smallest absolute Gasteiger partial charge is 0.119 e. The molecule has 1 saturated carbocycles. The fourth-order valence-electron chi connectivity index (χ4n) is 3.36. The first-order valence-electron chi connectivity index (χ1n) is 10.3. The first-order chi connectivity index (χ1) is 13.3. The number of benzene rings is 2. The number of nitrogens with zero attached hydrogens (tertiary/aromatic N) is 2. The first kappa shape index (κ1) is 19.4. The highest BCUT2D eigenvalue weighted by molar-refractivity contribution is 5.51. The number of anilines is 1. The summed E-state index contributed by atoms with van der Waals surface area (Å²) < 4.78 is 5.66. The van der Waals surface area contributed by atoms with Crippen LogP contribution in [0.4, 0.5) is 17.1 Å². The summed E-state index contributed by atoms with van der Waals surface area (Å²) >= 11 is 0. The van der Waals surface area contributed by atoms with Crippen LogP contribution in [-0.4, -0.2) is 13.2 Å². The highest BCUT2D eigenvalue weighted by atomic mass is 16.5. The van der Waals surface area contributed by atoms with Gasteiger partial charge < -0.3 is 10.1 Å². The topological polar surface area (TPSA) is 46.0 Å². The standard InChI is InChI=1S/C23H31N3O/c1-2-3-17-27-23-15-13-22(14-16-23)26-25-21-11-9-20(10-12-21)24-18-19-7-5-4-6-8-19/h9-16,19,24H,2-8,17-18H2,1H3. The van der Waals surface area contributed by atoms with Crippen molar-refractivity contribution < 1.29 is 4.74 Å². The van der Waals surface area contributed by atoms with Gasteiger partial charge in [-0.3, -0.25) is 0 Å². The van der Waals surface area contributed by atoms with Gasteiger partial charge in [-0.05, 0) is 73.7 Å². The SMILES string of the molecule is CCCCOc1ccc(N=Nc2ccc(NCC3CCCCC3)cc2)cc1. The zero-order chi connectivity index (χ0) is 18.7. The highest BCUT2D eigenvalue weighted by Gasteiger charge is 2.12. The summed E-state index contributed by atoms with van der Waals surface area (Å²) in [5.74, 6) is 1.71. The van der Waals surface area contributed by atoms with Crippen LogP contribution in [0.2, 0.25) is 0 Å². The van der Waals surface area contributed by atoms with Crippen LogP contribution in [0.5, 0.6) is 5.75 Å². The molecule has 1 N–H and O–H groups in total. The van der Waals surface area contributed by atoms with Crippen molar-refractivity contribution in [2.75, 3.05) is 18.5 Å². The van der Waals surface area contributed by atoms with E-state index in [-0.39, 0.29) is 0 Å². The maximum Gasteiger partial charge on any atom is 0.119 e. The Labute approximate surface area is 163 Å². The second-order valence-corrected chi connectivity index (χ2v) is 7.33. The van der Waals surface area contributed by atoms with Crippen molar-refractivity contribution in [1.29, 1.82) is 0 Å². The predicted molar refractivity (Wildman–Crippen MR) is 113 cm³/mol. The fraction of sp³-hybridized carbons (Fsp3) is 0.478. The molecule has 3 rings (SSSR count). The van der Waals surface area contributed by atoms with Crippen molar-refractivity contribution in [2.45, 2.75) is 51.9 Å². The number of hydrogen-bond donors (Lipinski definition) is 1. The molecule has 0 spiro atoms. The molecular formula is C23H31N3O. The van der Waals surface area contributed by atoms with E-state index in [1.54, 1.807) is 0 Å². The zero-order valence-corrected chi connectivity index (χ0v) is 16.4. The lowest BCUT2D eigenvalue weighted by Gasteiger charge is -2.22. The third kappa shape index (κ3) is 6.70. The van der Waals surface area contributed by atoms with Crippen LogP contribution < -0.4 is 10.1 Å². The van der Waals surface area contributed by atoms with E-state index in [0.29, 0.717) is 0 Å². The van der Waals surface area contributed by atoms with Crippen LogP contribution in [0.1, 0.15) is 51.9 Å². The summed E-state index contributed by atoms with van der Waals surface area (Å²) in [7, 11) is 0. The van der Waals surface area contributed by atoms with Crippen molar-refractivity contribution in [3.05, 3.63) is 48.5 Å². The van der Waals surface area contributed by atoms with E-state index in [9.17, 15) is 0 Å². The summed E-state index contributed by atoms with van der Waals surface area (Å²) in [6.07, 6.45) is 9.12. The summed E-state index contributed by atoms with van der Waals surface area (Å²) in [4.78, 5) is 0. The van der Waals surface area contributed by atoms with Crippen LogP contribution in [0.15, 0.2) is 58.8 Å². The molecule has 2 aromatic rings. The quantitative estimate of drug-likeness (QED) is 0.375. The van der Waals surface area contributed by atoms with Gasteiger partial charge in [0, 0.05) is 12.2 Å². The van der Waals surface area contributed by atoms with Crippen molar-refractivity contribution in [2.24, 2.45) is 16.1 Å². The second-order valence-electron chi connectivity index (χ2n) is 7.33. The number of azo groups is 1. The third-order valence-electron chi connectivity index (χ3n) is 5.07. The Morgan fingerprint density at radius 1 is 0.889 bits per heavy atom. The fourth-order valence-corrected chi connectivity index (χ4v) is 3.36. The summed E-state index contributed by atoms with van der Waals surface area (Å²) in [5, 5.41) is 12.2.